The molecule has 0 bridgehead atoms. The molecule has 0 saturated carbocycles. The van der Waals surface area contributed by atoms with Crippen molar-refractivity contribution in [2.75, 3.05) is 0 Å². The fourth-order valence-electron chi connectivity index (χ4n) is 2.15. The summed E-state index contributed by atoms with van der Waals surface area (Å²) in [6.45, 7) is 3.59. The molecule has 1 aromatic carbocycles. The Bertz CT molecular complexity index is 656. The molecule has 2 rings (SSSR count). The van der Waals surface area contributed by atoms with Crippen LogP contribution < -0.4 is 5.73 Å². The number of alkyl halides is 3. The van der Waals surface area contributed by atoms with Crippen LogP contribution in [0.4, 0.5) is 13.2 Å². The summed E-state index contributed by atoms with van der Waals surface area (Å²) in [6.07, 6.45) is -4.37. The molecular weight excluding hydrogens is 287 g/mol. The molecule has 6 heteroatoms. The maximum absolute atomic E-state index is 12.5. The van der Waals surface area contributed by atoms with Crippen molar-refractivity contribution in [1.29, 1.82) is 0 Å². The first-order valence-corrected chi connectivity index (χ1v) is 6.61. The van der Waals surface area contributed by atoms with E-state index in [1.165, 1.54) is 23.5 Å². The normalized spacial score (nSPS) is 11.7. The first-order chi connectivity index (χ1) is 9.21. The van der Waals surface area contributed by atoms with Crippen LogP contribution in [0.5, 0.6) is 0 Å². The van der Waals surface area contributed by atoms with Crippen LogP contribution >= 0.6 is 11.3 Å². The van der Waals surface area contributed by atoms with Crippen LogP contribution in [-0.4, -0.2) is 5.91 Å². The molecule has 1 aromatic heterocycles. The van der Waals surface area contributed by atoms with Crippen molar-refractivity contribution >= 4 is 17.2 Å². The van der Waals surface area contributed by atoms with Crippen molar-refractivity contribution in [3.8, 4) is 11.1 Å². The number of hydrogen-bond donors (Lipinski definition) is 1. The Kier molecular flexibility index (Phi) is 3.60. The Balaban J connectivity index is 2.55. The summed E-state index contributed by atoms with van der Waals surface area (Å²) in [4.78, 5) is 13.1. The topological polar surface area (TPSA) is 43.1 Å². The minimum Gasteiger partial charge on any atom is -0.366 e. The van der Waals surface area contributed by atoms with Crippen molar-refractivity contribution in [3.05, 3.63) is 45.1 Å². The SMILES string of the molecule is Cc1sc(C)c(-c2ccc(C(F)(F)F)cc2)c1C(N)=O. The van der Waals surface area contributed by atoms with Gasteiger partial charge in [-0.3, -0.25) is 4.79 Å². The van der Waals surface area contributed by atoms with Crippen molar-refractivity contribution < 1.29 is 18.0 Å². The van der Waals surface area contributed by atoms with Gasteiger partial charge in [-0.15, -0.1) is 11.3 Å². The van der Waals surface area contributed by atoms with E-state index in [1.54, 1.807) is 6.92 Å². The number of amides is 1. The van der Waals surface area contributed by atoms with Crippen molar-refractivity contribution in [3.63, 3.8) is 0 Å². The van der Waals surface area contributed by atoms with Crippen LogP contribution in [0.1, 0.15) is 25.7 Å². The smallest absolute Gasteiger partial charge is 0.366 e. The summed E-state index contributed by atoms with van der Waals surface area (Å²) in [5, 5.41) is 0. The molecule has 0 fully saturated rings. The van der Waals surface area contributed by atoms with Crippen LogP contribution in [0.25, 0.3) is 11.1 Å². The molecule has 0 aliphatic heterocycles. The molecule has 0 spiro atoms. The van der Waals surface area contributed by atoms with Gasteiger partial charge in [0.15, 0.2) is 0 Å². The van der Waals surface area contributed by atoms with Crippen LogP contribution in [0.15, 0.2) is 24.3 Å². The molecule has 0 radical (unpaired) electrons. The number of nitrogens with two attached hydrogens (primary N) is 1. The summed E-state index contributed by atoms with van der Waals surface area (Å²) in [6, 6.07) is 4.74. The standard InChI is InChI=1S/C14H12F3NOS/c1-7-11(12(13(18)19)8(2)20-7)9-3-5-10(6-4-9)14(15,16)17/h3-6H,1-2H3,(H2,18,19). The highest BCUT2D eigenvalue weighted by molar-refractivity contribution is 7.12. The van der Waals surface area contributed by atoms with Gasteiger partial charge >= 0.3 is 6.18 Å². The summed E-state index contributed by atoms with van der Waals surface area (Å²) in [7, 11) is 0. The van der Waals surface area contributed by atoms with Gasteiger partial charge in [0, 0.05) is 15.3 Å². The van der Waals surface area contributed by atoms with Gasteiger partial charge in [0.2, 0.25) is 5.91 Å². The lowest BCUT2D eigenvalue weighted by Gasteiger charge is -2.09. The molecule has 106 valence electrons. The average molecular weight is 299 g/mol. The zero-order chi connectivity index (χ0) is 15.1. The Morgan fingerprint density at radius 2 is 1.65 bits per heavy atom. The van der Waals surface area contributed by atoms with E-state index in [9.17, 15) is 18.0 Å². The molecule has 20 heavy (non-hydrogen) atoms. The van der Waals surface area contributed by atoms with Gasteiger partial charge in [-0.2, -0.15) is 13.2 Å². The monoisotopic (exact) mass is 299 g/mol. The number of halogens is 3. The number of carbonyl (C=O) groups excluding carboxylic acids is 1. The average Bonchev–Trinajstić information content (AvgIpc) is 2.63. The second-order valence-electron chi connectivity index (χ2n) is 4.40. The Hall–Kier alpha value is -1.82. The third-order valence-corrected chi connectivity index (χ3v) is 4.03. The Morgan fingerprint density at radius 3 is 2.10 bits per heavy atom. The van der Waals surface area contributed by atoms with E-state index >= 15 is 0 Å². The van der Waals surface area contributed by atoms with Gasteiger partial charge in [0.05, 0.1) is 11.1 Å². The molecule has 2 aromatic rings. The minimum atomic E-state index is -4.37. The number of benzene rings is 1. The molecule has 0 unspecified atom stereocenters. The van der Waals surface area contributed by atoms with Gasteiger partial charge in [-0.05, 0) is 31.5 Å². The number of thiophene rings is 1. The molecule has 0 aliphatic rings. The van der Waals surface area contributed by atoms with Gasteiger partial charge in [-0.25, -0.2) is 0 Å². The lowest BCUT2D eigenvalue weighted by molar-refractivity contribution is -0.137. The number of rotatable bonds is 2. The molecule has 1 heterocycles. The van der Waals surface area contributed by atoms with Gasteiger partial charge in [0.1, 0.15) is 0 Å². The number of hydrogen-bond acceptors (Lipinski definition) is 2. The molecule has 0 aliphatic carbocycles. The van der Waals surface area contributed by atoms with E-state index < -0.39 is 17.6 Å². The van der Waals surface area contributed by atoms with Gasteiger partial charge < -0.3 is 5.73 Å². The molecule has 0 atom stereocenters. The number of aryl methyl sites for hydroxylation is 2. The Morgan fingerprint density at radius 1 is 1.10 bits per heavy atom. The molecule has 2 nitrogen and oxygen atoms in total. The highest BCUT2D eigenvalue weighted by atomic mass is 32.1. The minimum absolute atomic E-state index is 0.382. The summed E-state index contributed by atoms with van der Waals surface area (Å²) in [5.74, 6) is -0.568. The highest BCUT2D eigenvalue weighted by Crippen LogP contribution is 2.37. The predicted molar refractivity (Wildman–Crippen MR) is 72.7 cm³/mol. The van der Waals surface area contributed by atoms with E-state index in [-0.39, 0.29) is 0 Å². The van der Waals surface area contributed by atoms with E-state index in [0.29, 0.717) is 16.7 Å². The first-order valence-electron chi connectivity index (χ1n) is 5.79. The molecular formula is C14H12F3NOS. The maximum atomic E-state index is 12.5. The maximum Gasteiger partial charge on any atom is 0.416 e. The van der Waals surface area contributed by atoms with Crippen molar-refractivity contribution in [2.24, 2.45) is 5.73 Å². The second-order valence-corrected chi connectivity index (χ2v) is 5.83. The Labute approximate surface area is 118 Å². The number of carbonyl (C=O) groups is 1. The number of primary amides is 1. The summed E-state index contributed by atoms with van der Waals surface area (Å²) in [5.41, 5.74) is 6.20. The van der Waals surface area contributed by atoms with E-state index in [2.05, 4.69) is 0 Å². The van der Waals surface area contributed by atoms with Gasteiger partial charge in [0.25, 0.3) is 0 Å². The van der Waals surface area contributed by atoms with Crippen LogP contribution in [-0.2, 0) is 6.18 Å². The lowest BCUT2D eigenvalue weighted by atomic mass is 9.99. The zero-order valence-electron chi connectivity index (χ0n) is 10.8. The third-order valence-electron chi connectivity index (χ3n) is 3.01. The zero-order valence-corrected chi connectivity index (χ0v) is 11.7. The highest BCUT2D eigenvalue weighted by Gasteiger charge is 2.30. The largest absolute Gasteiger partial charge is 0.416 e. The van der Waals surface area contributed by atoms with Crippen LogP contribution in [0.2, 0.25) is 0 Å². The second kappa shape index (κ2) is 4.94. The third kappa shape index (κ3) is 2.56. The van der Waals surface area contributed by atoms with Crippen LogP contribution in [0, 0.1) is 13.8 Å². The van der Waals surface area contributed by atoms with E-state index in [0.717, 1.165) is 21.9 Å². The fraction of sp³-hybridized carbons (Fsp3) is 0.214. The molecule has 2 N–H and O–H groups in total. The fourth-order valence-corrected chi connectivity index (χ4v) is 3.24. The van der Waals surface area contributed by atoms with E-state index in [4.69, 9.17) is 5.73 Å². The van der Waals surface area contributed by atoms with Crippen molar-refractivity contribution in [2.45, 2.75) is 20.0 Å². The lowest BCUT2D eigenvalue weighted by Crippen LogP contribution is -2.12. The van der Waals surface area contributed by atoms with Gasteiger partial charge in [-0.1, -0.05) is 12.1 Å². The molecule has 1 amide bonds. The van der Waals surface area contributed by atoms with Crippen molar-refractivity contribution in [1.82, 2.24) is 0 Å². The predicted octanol–water partition coefficient (Wildman–Crippen LogP) is 4.15. The molecule has 0 saturated heterocycles. The van der Waals surface area contributed by atoms with E-state index in [1.807, 2.05) is 6.92 Å². The summed E-state index contributed by atoms with van der Waals surface area (Å²) >= 11 is 1.41. The van der Waals surface area contributed by atoms with Crippen LogP contribution in [0.3, 0.4) is 0 Å². The quantitative estimate of drug-likeness (QED) is 0.889. The first kappa shape index (κ1) is 14.6. The summed E-state index contributed by atoms with van der Waals surface area (Å²) < 4.78 is 37.6.